The van der Waals surface area contributed by atoms with Crippen LogP contribution < -0.4 is 5.32 Å². The Morgan fingerprint density at radius 1 is 1.47 bits per heavy atom. The van der Waals surface area contributed by atoms with Gasteiger partial charge >= 0.3 is 0 Å². The topological polar surface area (TPSA) is 42.7 Å². The summed E-state index contributed by atoms with van der Waals surface area (Å²) < 4.78 is 1.84. The number of nitrogens with one attached hydrogen (secondary N) is 1. The minimum Gasteiger partial charge on any atom is -0.308 e. The van der Waals surface area contributed by atoms with Gasteiger partial charge in [0.25, 0.3) is 0 Å². The number of hydrogen-bond donors (Lipinski definition) is 1. The number of aryl methyl sites for hydroxylation is 1. The van der Waals surface area contributed by atoms with Gasteiger partial charge in [0.15, 0.2) is 0 Å². The lowest BCUT2D eigenvalue weighted by atomic mass is 10.2. The summed E-state index contributed by atoms with van der Waals surface area (Å²) in [4.78, 5) is 2.85. The minimum absolute atomic E-state index is 0.406. The van der Waals surface area contributed by atoms with Crippen LogP contribution in [0.25, 0.3) is 0 Å². The molecule has 0 aromatic carbocycles. The lowest BCUT2D eigenvalue weighted by molar-refractivity contribution is 0.502. The average molecular weight is 250 g/mol. The molecule has 0 amide bonds. The normalized spacial score (nSPS) is 12.8. The number of aromatic nitrogens is 3. The average Bonchev–Trinajstić information content (AvgIpc) is 2.99. The third kappa shape index (κ3) is 3.38. The van der Waals surface area contributed by atoms with Gasteiger partial charge in [-0.15, -0.1) is 16.4 Å². The third-order valence-electron chi connectivity index (χ3n) is 2.72. The highest BCUT2D eigenvalue weighted by Crippen LogP contribution is 2.23. The number of hydrogen-bond acceptors (Lipinski definition) is 4. The molecular weight excluding hydrogens is 232 g/mol. The molecule has 1 N–H and O–H groups in total. The van der Waals surface area contributed by atoms with Gasteiger partial charge in [0.1, 0.15) is 0 Å². The van der Waals surface area contributed by atoms with E-state index in [0.717, 1.165) is 19.5 Å². The van der Waals surface area contributed by atoms with E-state index in [-0.39, 0.29) is 0 Å². The zero-order valence-electron chi connectivity index (χ0n) is 10.3. The van der Waals surface area contributed by atoms with Crippen LogP contribution in [0.15, 0.2) is 24.5 Å². The van der Waals surface area contributed by atoms with Crippen LogP contribution in [-0.4, -0.2) is 21.5 Å². The van der Waals surface area contributed by atoms with Crippen molar-refractivity contribution in [3.05, 3.63) is 34.3 Å². The summed E-state index contributed by atoms with van der Waals surface area (Å²) in [6.07, 6.45) is 4.71. The van der Waals surface area contributed by atoms with Crippen molar-refractivity contribution in [2.24, 2.45) is 0 Å². The summed E-state index contributed by atoms with van der Waals surface area (Å²) in [5.41, 5.74) is 0. The molecule has 2 heterocycles. The second-order valence-electron chi connectivity index (χ2n) is 4.00. The van der Waals surface area contributed by atoms with Gasteiger partial charge in [0.2, 0.25) is 0 Å². The molecule has 2 aromatic rings. The Kier molecular flexibility index (Phi) is 4.28. The molecule has 0 aliphatic heterocycles. The first-order valence-corrected chi connectivity index (χ1v) is 6.77. The second kappa shape index (κ2) is 5.93. The maximum absolute atomic E-state index is 3.93. The maximum atomic E-state index is 3.93. The van der Waals surface area contributed by atoms with Crippen LogP contribution in [0.5, 0.6) is 0 Å². The first kappa shape index (κ1) is 12.3. The zero-order valence-corrected chi connectivity index (χ0v) is 11.1. The molecule has 1 atom stereocenters. The maximum Gasteiger partial charge on any atom is 0.0692 e. The highest BCUT2D eigenvalue weighted by atomic mass is 32.1. The van der Waals surface area contributed by atoms with Crippen molar-refractivity contribution in [2.75, 3.05) is 6.54 Å². The molecule has 0 saturated heterocycles. The Morgan fingerprint density at radius 3 is 3.00 bits per heavy atom. The zero-order chi connectivity index (χ0) is 12.1. The summed E-state index contributed by atoms with van der Waals surface area (Å²) in [5.74, 6) is 0. The first-order chi connectivity index (χ1) is 8.29. The van der Waals surface area contributed by atoms with Gasteiger partial charge in [-0.2, -0.15) is 0 Å². The van der Waals surface area contributed by atoms with E-state index in [1.807, 2.05) is 22.2 Å². The monoisotopic (exact) mass is 250 g/mol. The van der Waals surface area contributed by atoms with Crippen molar-refractivity contribution < 1.29 is 0 Å². The van der Waals surface area contributed by atoms with E-state index in [0.29, 0.717) is 6.04 Å². The molecule has 92 valence electrons. The van der Waals surface area contributed by atoms with Gasteiger partial charge < -0.3 is 5.32 Å². The summed E-state index contributed by atoms with van der Waals surface area (Å²) >= 11 is 1.89. The lowest BCUT2D eigenvalue weighted by Crippen LogP contribution is -2.23. The fourth-order valence-electron chi connectivity index (χ4n) is 1.67. The number of nitrogens with zero attached hydrogens (tertiary/aromatic N) is 3. The van der Waals surface area contributed by atoms with Crippen LogP contribution in [0.2, 0.25) is 0 Å². The molecule has 5 heteroatoms. The highest BCUT2D eigenvalue weighted by molar-refractivity contribution is 7.12. The summed E-state index contributed by atoms with van der Waals surface area (Å²) in [6, 6.07) is 4.84. The quantitative estimate of drug-likeness (QED) is 0.855. The van der Waals surface area contributed by atoms with E-state index < -0.39 is 0 Å². The molecule has 1 unspecified atom stereocenters. The van der Waals surface area contributed by atoms with Crippen LogP contribution in [-0.2, 0) is 13.0 Å². The second-order valence-corrected chi connectivity index (χ2v) is 5.20. The fraction of sp³-hybridized carbons (Fsp3) is 0.500. The van der Waals surface area contributed by atoms with E-state index >= 15 is 0 Å². The number of rotatable bonds is 6. The van der Waals surface area contributed by atoms with Crippen LogP contribution in [0.3, 0.4) is 0 Å². The Hall–Kier alpha value is -1.20. The van der Waals surface area contributed by atoms with E-state index in [4.69, 9.17) is 0 Å². The number of thiophene rings is 1. The molecule has 0 bridgehead atoms. The van der Waals surface area contributed by atoms with Gasteiger partial charge in [-0.3, -0.25) is 4.68 Å². The smallest absolute Gasteiger partial charge is 0.0692 e. The Bertz CT molecular complexity index is 435. The van der Waals surface area contributed by atoms with Crippen molar-refractivity contribution in [1.29, 1.82) is 0 Å². The molecule has 0 aliphatic carbocycles. The highest BCUT2D eigenvalue weighted by Gasteiger charge is 2.07. The van der Waals surface area contributed by atoms with Crippen molar-refractivity contribution in [1.82, 2.24) is 20.3 Å². The summed E-state index contributed by atoms with van der Waals surface area (Å²) in [5, 5.41) is 11.2. The van der Waals surface area contributed by atoms with Crippen molar-refractivity contribution in [3.8, 4) is 0 Å². The predicted molar refractivity (Wildman–Crippen MR) is 70.1 cm³/mol. The van der Waals surface area contributed by atoms with Gasteiger partial charge in [0, 0.05) is 28.5 Å². The molecule has 0 spiro atoms. The minimum atomic E-state index is 0.406. The summed E-state index contributed by atoms with van der Waals surface area (Å²) in [6.45, 7) is 6.16. The van der Waals surface area contributed by atoms with Crippen LogP contribution >= 0.6 is 11.3 Å². The Morgan fingerprint density at radius 2 is 2.35 bits per heavy atom. The van der Waals surface area contributed by atoms with Gasteiger partial charge in [-0.25, -0.2) is 0 Å². The first-order valence-electron chi connectivity index (χ1n) is 5.95. The molecular formula is C12H18N4S. The largest absolute Gasteiger partial charge is 0.308 e. The standard InChI is InChI=1S/C12H18N4S/c1-3-11-4-5-12(17-11)10(2)13-6-8-16-9-7-14-15-16/h4-5,7,9-10,13H,3,6,8H2,1-2H3. The molecule has 2 rings (SSSR count). The van der Waals surface area contributed by atoms with Crippen molar-refractivity contribution in [2.45, 2.75) is 32.9 Å². The van der Waals surface area contributed by atoms with E-state index in [9.17, 15) is 0 Å². The van der Waals surface area contributed by atoms with Crippen LogP contribution in [0.4, 0.5) is 0 Å². The predicted octanol–water partition coefficient (Wildman–Crippen LogP) is 2.25. The van der Waals surface area contributed by atoms with Crippen LogP contribution in [0, 0.1) is 0 Å². The third-order valence-corrected chi connectivity index (χ3v) is 4.13. The molecule has 0 saturated carbocycles. The molecule has 0 radical (unpaired) electrons. The molecule has 0 aliphatic rings. The summed E-state index contributed by atoms with van der Waals surface area (Å²) in [7, 11) is 0. The van der Waals surface area contributed by atoms with Crippen molar-refractivity contribution in [3.63, 3.8) is 0 Å². The van der Waals surface area contributed by atoms with Gasteiger partial charge in [0.05, 0.1) is 12.7 Å². The Balaban J connectivity index is 1.78. The van der Waals surface area contributed by atoms with Gasteiger partial charge in [-0.05, 0) is 25.5 Å². The van der Waals surface area contributed by atoms with Crippen LogP contribution in [0.1, 0.15) is 29.6 Å². The van der Waals surface area contributed by atoms with E-state index in [1.54, 1.807) is 6.20 Å². The lowest BCUT2D eigenvalue weighted by Gasteiger charge is -2.11. The van der Waals surface area contributed by atoms with Gasteiger partial charge in [-0.1, -0.05) is 12.1 Å². The van der Waals surface area contributed by atoms with Crippen molar-refractivity contribution >= 4 is 11.3 Å². The Labute approximate surface area is 106 Å². The fourth-order valence-corrected chi connectivity index (χ4v) is 2.64. The van der Waals surface area contributed by atoms with E-state index in [1.165, 1.54) is 9.75 Å². The molecule has 4 nitrogen and oxygen atoms in total. The molecule has 17 heavy (non-hydrogen) atoms. The molecule has 2 aromatic heterocycles. The SMILES string of the molecule is CCc1ccc(C(C)NCCn2ccnn2)s1. The van der Waals surface area contributed by atoms with E-state index in [2.05, 4.69) is 41.6 Å². The molecule has 0 fully saturated rings.